The predicted molar refractivity (Wildman–Crippen MR) is 101 cm³/mol. The maximum atomic E-state index is 15.0. The third-order valence-electron chi connectivity index (χ3n) is 3.95. The summed E-state index contributed by atoms with van der Waals surface area (Å²) in [4.78, 5) is 15.7. The minimum absolute atomic E-state index is 0.0144. The number of aromatic nitrogens is 2. The van der Waals surface area contributed by atoms with Crippen LogP contribution in [0.3, 0.4) is 0 Å². The van der Waals surface area contributed by atoms with E-state index in [1.807, 2.05) is 0 Å². The molecule has 27 heavy (non-hydrogen) atoms. The number of halogens is 1. The average molecular weight is 411 g/mol. The van der Waals surface area contributed by atoms with Crippen LogP contribution in [0.15, 0.2) is 34.1 Å². The Balaban J connectivity index is 2.04. The van der Waals surface area contributed by atoms with Gasteiger partial charge in [0.2, 0.25) is 0 Å². The molecule has 0 unspecified atom stereocenters. The molecule has 3 aromatic rings. The standard InChI is InChI=1S/C17H18FN3O4S2/c1-3-25-14(22)7-6-11-12(20-27(23,24)15-5-4-8-26-15)9-13-17(16(11)18)19-10-21(13)2/h4-5,8-10,20H,3,6-7H2,1-2H3. The zero-order valence-corrected chi connectivity index (χ0v) is 16.4. The highest BCUT2D eigenvalue weighted by atomic mass is 32.2. The second-order valence-corrected chi connectivity index (χ2v) is 8.64. The van der Waals surface area contributed by atoms with Crippen molar-refractivity contribution in [2.75, 3.05) is 11.3 Å². The number of carbonyl (C=O) groups is 1. The number of rotatable bonds is 7. The molecule has 0 amide bonds. The second kappa shape index (κ2) is 7.65. The lowest BCUT2D eigenvalue weighted by Gasteiger charge is -2.14. The van der Waals surface area contributed by atoms with Crippen molar-refractivity contribution < 1.29 is 22.3 Å². The van der Waals surface area contributed by atoms with Crippen molar-refractivity contribution in [1.29, 1.82) is 0 Å². The van der Waals surface area contributed by atoms with Crippen molar-refractivity contribution in [3.8, 4) is 0 Å². The van der Waals surface area contributed by atoms with Gasteiger partial charge >= 0.3 is 5.97 Å². The molecule has 0 aliphatic heterocycles. The monoisotopic (exact) mass is 411 g/mol. The van der Waals surface area contributed by atoms with Crippen molar-refractivity contribution in [3.05, 3.63) is 41.3 Å². The molecule has 10 heteroatoms. The highest BCUT2D eigenvalue weighted by molar-refractivity contribution is 7.94. The first-order valence-corrected chi connectivity index (χ1v) is 10.5. The number of fused-ring (bicyclic) bond motifs is 1. The summed E-state index contributed by atoms with van der Waals surface area (Å²) in [6, 6.07) is 4.60. The van der Waals surface area contributed by atoms with Crippen LogP contribution in [0.4, 0.5) is 10.1 Å². The van der Waals surface area contributed by atoms with Gasteiger partial charge in [-0.05, 0) is 30.9 Å². The van der Waals surface area contributed by atoms with E-state index in [1.54, 1.807) is 30.0 Å². The van der Waals surface area contributed by atoms with Gasteiger partial charge in [0.05, 0.1) is 24.1 Å². The highest BCUT2D eigenvalue weighted by Gasteiger charge is 2.22. The number of ether oxygens (including phenoxy) is 1. The van der Waals surface area contributed by atoms with Gasteiger partial charge < -0.3 is 9.30 Å². The van der Waals surface area contributed by atoms with Gasteiger partial charge in [-0.3, -0.25) is 9.52 Å². The van der Waals surface area contributed by atoms with Crippen LogP contribution < -0.4 is 4.72 Å². The van der Waals surface area contributed by atoms with Gasteiger partial charge in [0, 0.05) is 19.0 Å². The number of carbonyl (C=O) groups excluding carboxylic acids is 1. The zero-order chi connectivity index (χ0) is 19.6. The van der Waals surface area contributed by atoms with Crippen LogP contribution in [0.1, 0.15) is 18.9 Å². The Bertz CT molecular complexity index is 1080. The number of sulfonamides is 1. The van der Waals surface area contributed by atoms with Gasteiger partial charge in [-0.1, -0.05) is 6.07 Å². The summed E-state index contributed by atoms with van der Waals surface area (Å²) in [5.41, 5.74) is 0.724. The molecule has 0 saturated carbocycles. The number of thiophene rings is 1. The molecule has 0 aliphatic carbocycles. The molecule has 3 rings (SSSR count). The summed E-state index contributed by atoms with van der Waals surface area (Å²) >= 11 is 1.06. The first-order chi connectivity index (χ1) is 12.8. The first kappa shape index (κ1) is 19.3. The number of hydrogen-bond acceptors (Lipinski definition) is 6. The zero-order valence-electron chi connectivity index (χ0n) is 14.7. The van der Waals surface area contributed by atoms with E-state index in [9.17, 15) is 13.2 Å². The average Bonchev–Trinajstić information content (AvgIpc) is 3.26. The first-order valence-electron chi connectivity index (χ1n) is 8.18. The molecule has 0 fully saturated rings. The normalized spacial score (nSPS) is 11.7. The molecule has 1 N–H and O–H groups in total. The van der Waals surface area contributed by atoms with Crippen LogP contribution in [-0.2, 0) is 33.0 Å². The number of anilines is 1. The van der Waals surface area contributed by atoms with Crippen molar-refractivity contribution in [2.45, 2.75) is 24.0 Å². The molecule has 0 aliphatic rings. The molecule has 0 saturated heterocycles. The van der Waals surface area contributed by atoms with Crippen molar-refractivity contribution in [2.24, 2.45) is 7.05 Å². The van der Waals surface area contributed by atoms with Crippen LogP contribution in [0, 0.1) is 5.82 Å². The summed E-state index contributed by atoms with van der Waals surface area (Å²) in [6.07, 6.45) is 1.36. The fourth-order valence-electron chi connectivity index (χ4n) is 2.67. The number of nitrogens with zero attached hydrogens (tertiary/aromatic N) is 2. The second-order valence-electron chi connectivity index (χ2n) is 5.78. The summed E-state index contributed by atoms with van der Waals surface area (Å²) < 4.78 is 49.2. The molecule has 7 nitrogen and oxygen atoms in total. The summed E-state index contributed by atoms with van der Waals surface area (Å²) in [7, 11) is -2.18. The third-order valence-corrected chi connectivity index (χ3v) is 6.71. The number of nitrogens with one attached hydrogen (secondary N) is 1. The fourth-order valence-corrected chi connectivity index (χ4v) is 4.75. The van der Waals surface area contributed by atoms with E-state index in [1.165, 1.54) is 18.5 Å². The van der Waals surface area contributed by atoms with Gasteiger partial charge in [-0.25, -0.2) is 17.8 Å². The quantitative estimate of drug-likeness (QED) is 0.604. The maximum absolute atomic E-state index is 15.0. The Morgan fingerprint density at radius 3 is 2.89 bits per heavy atom. The van der Waals surface area contributed by atoms with Crippen LogP contribution in [0.5, 0.6) is 0 Å². The minimum Gasteiger partial charge on any atom is -0.466 e. The van der Waals surface area contributed by atoms with Crippen molar-refractivity contribution in [1.82, 2.24) is 9.55 Å². The Morgan fingerprint density at radius 1 is 1.44 bits per heavy atom. The number of esters is 1. The lowest BCUT2D eigenvalue weighted by atomic mass is 10.1. The van der Waals surface area contributed by atoms with E-state index >= 15 is 4.39 Å². The van der Waals surface area contributed by atoms with E-state index < -0.39 is 21.8 Å². The van der Waals surface area contributed by atoms with Crippen LogP contribution in [0.2, 0.25) is 0 Å². The van der Waals surface area contributed by atoms with Crippen LogP contribution >= 0.6 is 11.3 Å². The van der Waals surface area contributed by atoms with Crippen LogP contribution in [-0.4, -0.2) is 30.5 Å². The maximum Gasteiger partial charge on any atom is 0.306 e. The lowest BCUT2D eigenvalue weighted by Crippen LogP contribution is -2.15. The predicted octanol–water partition coefficient (Wildman–Crippen LogP) is 3.07. The molecular weight excluding hydrogens is 393 g/mol. The summed E-state index contributed by atoms with van der Waals surface area (Å²) in [5, 5.41) is 1.64. The van der Waals surface area contributed by atoms with Gasteiger partial charge in [0.25, 0.3) is 10.0 Å². The SMILES string of the molecule is CCOC(=O)CCc1c(NS(=O)(=O)c2cccs2)cc2c(ncn2C)c1F. The number of benzene rings is 1. The minimum atomic E-state index is -3.87. The summed E-state index contributed by atoms with van der Waals surface area (Å²) in [6.45, 7) is 1.90. The van der Waals surface area contributed by atoms with E-state index in [0.717, 1.165) is 11.3 Å². The van der Waals surface area contributed by atoms with Gasteiger partial charge in [-0.2, -0.15) is 0 Å². The molecule has 0 bridgehead atoms. The Hall–Kier alpha value is -2.46. The Labute approximate surface area is 159 Å². The summed E-state index contributed by atoms with van der Waals surface area (Å²) in [5.74, 6) is -1.13. The molecular formula is C17H18FN3O4S2. The van der Waals surface area contributed by atoms with Crippen LogP contribution in [0.25, 0.3) is 11.0 Å². The fraction of sp³-hybridized carbons (Fsp3) is 0.294. The topological polar surface area (TPSA) is 90.3 Å². The van der Waals surface area contributed by atoms with E-state index in [0.29, 0.717) is 5.52 Å². The molecule has 1 aromatic carbocycles. The Morgan fingerprint density at radius 2 is 2.22 bits per heavy atom. The third kappa shape index (κ3) is 3.96. The largest absolute Gasteiger partial charge is 0.466 e. The lowest BCUT2D eigenvalue weighted by molar-refractivity contribution is -0.143. The highest BCUT2D eigenvalue weighted by Crippen LogP contribution is 2.31. The van der Waals surface area contributed by atoms with Gasteiger partial charge in [0.15, 0.2) is 5.82 Å². The van der Waals surface area contributed by atoms with Crippen molar-refractivity contribution >= 4 is 44.1 Å². The van der Waals surface area contributed by atoms with E-state index in [4.69, 9.17) is 4.74 Å². The van der Waals surface area contributed by atoms with Gasteiger partial charge in [0.1, 0.15) is 9.73 Å². The smallest absolute Gasteiger partial charge is 0.306 e. The van der Waals surface area contributed by atoms with E-state index in [2.05, 4.69) is 9.71 Å². The van der Waals surface area contributed by atoms with E-state index in [-0.39, 0.29) is 40.4 Å². The molecule has 2 aromatic heterocycles. The number of imidazole rings is 1. The molecule has 144 valence electrons. The van der Waals surface area contributed by atoms with Gasteiger partial charge in [-0.15, -0.1) is 11.3 Å². The molecule has 0 radical (unpaired) electrons. The Kier molecular flexibility index (Phi) is 5.47. The number of hydrogen-bond donors (Lipinski definition) is 1. The van der Waals surface area contributed by atoms with Crippen molar-refractivity contribution in [3.63, 3.8) is 0 Å². The molecule has 0 spiro atoms. The molecule has 0 atom stereocenters. The molecule has 2 heterocycles. The number of aryl methyl sites for hydroxylation is 1.